The molecule has 2 heterocycles. The first-order chi connectivity index (χ1) is 13.0. The van der Waals surface area contributed by atoms with Crippen molar-refractivity contribution in [2.45, 2.75) is 32.2 Å². The molecule has 4 rings (SSSR count). The van der Waals surface area contributed by atoms with Crippen LogP contribution in [0, 0.1) is 11.3 Å². The number of rotatable bonds is 6. The molecule has 2 fully saturated rings. The lowest BCUT2D eigenvalue weighted by atomic mass is 9.80. The molecule has 0 spiro atoms. The van der Waals surface area contributed by atoms with Gasteiger partial charge in [-0.2, -0.15) is 0 Å². The van der Waals surface area contributed by atoms with E-state index < -0.39 is 5.91 Å². The fraction of sp³-hybridized carbons (Fsp3) is 0.450. The van der Waals surface area contributed by atoms with Crippen molar-refractivity contribution in [3.05, 3.63) is 47.0 Å². The van der Waals surface area contributed by atoms with Crippen molar-refractivity contribution in [2.75, 3.05) is 18.4 Å². The fourth-order valence-electron chi connectivity index (χ4n) is 4.57. The smallest absolute Gasteiger partial charge is 0.234 e. The minimum atomic E-state index is -0.417. The normalized spacial score (nSPS) is 24.7. The molecule has 2 aliphatic rings. The molecule has 1 aliphatic carbocycles. The van der Waals surface area contributed by atoms with Crippen LogP contribution in [-0.2, 0) is 22.6 Å². The van der Waals surface area contributed by atoms with Gasteiger partial charge in [0.2, 0.25) is 11.8 Å². The predicted molar refractivity (Wildman–Crippen MR) is 105 cm³/mol. The van der Waals surface area contributed by atoms with Gasteiger partial charge in [-0.05, 0) is 24.3 Å². The number of fused-ring (bicyclic) bond motifs is 1. The van der Waals surface area contributed by atoms with Crippen LogP contribution < -0.4 is 11.1 Å². The summed E-state index contributed by atoms with van der Waals surface area (Å²) in [7, 11) is 0. The number of anilines is 1. The molecular weight excluding hydrogens is 360 g/mol. The van der Waals surface area contributed by atoms with Gasteiger partial charge >= 0.3 is 0 Å². The minimum Gasteiger partial charge on any atom is -0.369 e. The van der Waals surface area contributed by atoms with E-state index in [1.54, 1.807) is 5.38 Å². The summed E-state index contributed by atoms with van der Waals surface area (Å²) in [6.07, 6.45) is 3.23. The number of benzene rings is 1. The molecule has 7 heteroatoms. The highest BCUT2D eigenvalue weighted by Crippen LogP contribution is 2.49. The molecule has 2 aromatic rings. The second-order valence-electron chi connectivity index (χ2n) is 7.64. The van der Waals surface area contributed by atoms with Gasteiger partial charge < -0.3 is 11.1 Å². The number of nitrogens with one attached hydrogen (secondary N) is 1. The van der Waals surface area contributed by atoms with E-state index in [-0.39, 0.29) is 17.7 Å². The zero-order valence-corrected chi connectivity index (χ0v) is 16.0. The Morgan fingerprint density at radius 1 is 1.33 bits per heavy atom. The van der Waals surface area contributed by atoms with Crippen LogP contribution in [0.5, 0.6) is 0 Å². The molecule has 1 saturated heterocycles. The van der Waals surface area contributed by atoms with Crippen LogP contribution >= 0.6 is 11.3 Å². The van der Waals surface area contributed by atoms with Crippen LogP contribution in [0.1, 0.15) is 30.5 Å². The molecule has 2 atom stereocenters. The summed E-state index contributed by atoms with van der Waals surface area (Å²) >= 11 is 1.35. The third kappa shape index (κ3) is 3.75. The lowest BCUT2D eigenvalue weighted by Crippen LogP contribution is -2.40. The van der Waals surface area contributed by atoms with Gasteiger partial charge in [0.1, 0.15) is 0 Å². The summed E-state index contributed by atoms with van der Waals surface area (Å²) in [6.45, 7) is 2.64. The van der Waals surface area contributed by atoms with E-state index in [1.165, 1.54) is 16.9 Å². The zero-order chi connectivity index (χ0) is 18.9. The molecular formula is C20H24N4O2S. The number of thiazole rings is 1. The number of carbonyl (C=O) groups excluding carboxylic acids is 2. The SMILES string of the molecule is NC(=O)Cc1csc(NC(=O)[C@@]23CCC[C@@H]2CN(Cc2ccccc2)C3)n1. The Hall–Kier alpha value is -2.25. The highest BCUT2D eigenvalue weighted by atomic mass is 32.1. The van der Waals surface area contributed by atoms with Crippen LogP contribution in [0.4, 0.5) is 5.13 Å². The van der Waals surface area contributed by atoms with Crippen molar-refractivity contribution in [3.63, 3.8) is 0 Å². The van der Waals surface area contributed by atoms with Crippen LogP contribution in [0.15, 0.2) is 35.7 Å². The molecule has 142 valence electrons. The first kappa shape index (κ1) is 18.1. The van der Waals surface area contributed by atoms with Gasteiger partial charge in [0.05, 0.1) is 17.5 Å². The number of carbonyl (C=O) groups is 2. The van der Waals surface area contributed by atoms with Crippen molar-refractivity contribution in [2.24, 2.45) is 17.1 Å². The Morgan fingerprint density at radius 2 is 2.15 bits per heavy atom. The highest BCUT2D eigenvalue weighted by Gasteiger charge is 2.54. The molecule has 1 saturated carbocycles. The molecule has 1 aromatic carbocycles. The van der Waals surface area contributed by atoms with E-state index in [9.17, 15) is 9.59 Å². The second kappa shape index (κ2) is 7.40. The number of amides is 2. The number of likely N-dealkylation sites (tertiary alicyclic amines) is 1. The van der Waals surface area contributed by atoms with Crippen molar-refractivity contribution in [1.82, 2.24) is 9.88 Å². The second-order valence-corrected chi connectivity index (χ2v) is 8.50. The summed E-state index contributed by atoms with van der Waals surface area (Å²) in [4.78, 5) is 31.0. The topological polar surface area (TPSA) is 88.3 Å². The maximum Gasteiger partial charge on any atom is 0.234 e. The van der Waals surface area contributed by atoms with E-state index in [0.717, 1.165) is 38.9 Å². The lowest BCUT2D eigenvalue weighted by Gasteiger charge is -2.27. The van der Waals surface area contributed by atoms with Crippen molar-refractivity contribution < 1.29 is 9.59 Å². The third-order valence-electron chi connectivity index (χ3n) is 5.77. The Bertz CT molecular complexity index is 838. The lowest BCUT2D eigenvalue weighted by molar-refractivity contribution is -0.126. The largest absolute Gasteiger partial charge is 0.369 e. The molecule has 1 aromatic heterocycles. The number of primary amides is 1. The van der Waals surface area contributed by atoms with E-state index >= 15 is 0 Å². The Balaban J connectivity index is 1.45. The summed E-state index contributed by atoms with van der Waals surface area (Å²) in [5, 5.41) is 5.35. The summed E-state index contributed by atoms with van der Waals surface area (Å²) in [6, 6.07) is 10.4. The predicted octanol–water partition coefficient (Wildman–Crippen LogP) is 2.41. The van der Waals surface area contributed by atoms with Crippen molar-refractivity contribution in [3.8, 4) is 0 Å². The molecule has 1 aliphatic heterocycles. The number of hydrogen-bond donors (Lipinski definition) is 2. The van der Waals surface area contributed by atoms with Gasteiger partial charge in [-0.3, -0.25) is 14.5 Å². The Kier molecular flexibility index (Phi) is 4.97. The standard InChI is InChI=1S/C20H24N4O2S/c21-17(25)9-16-12-27-19(22-16)23-18(26)20-8-4-7-15(20)11-24(13-20)10-14-5-2-1-3-6-14/h1-3,5-6,12,15H,4,7-11,13H2,(H2,21,25)(H,22,23,26)/t15-,20-/m1/s1. The monoisotopic (exact) mass is 384 g/mol. The van der Waals surface area contributed by atoms with Crippen LogP contribution in [-0.4, -0.2) is 34.8 Å². The summed E-state index contributed by atoms with van der Waals surface area (Å²) in [5.74, 6) is 0.0479. The third-order valence-corrected chi connectivity index (χ3v) is 6.58. The van der Waals surface area contributed by atoms with E-state index in [1.807, 2.05) is 6.07 Å². The van der Waals surface area contributed by atoms with Crippen LogP contribution in [0.25, 0.3) is 0 Å². The molecule has 27 heavy (non-hydrogen) atoms. The van der Waals surface area contributed by atoms with Crippen LogP contribution in [0.2, 0.25) is 0 Å². The molecule has 2 amide bonds. The molecule has 3 N–H and O–H groups in total. The molecule has 6 nitrogen and oxygen atoms in total. The number of nitrogens with two attached hydrogens (primary N) is 1. The van der Waals surface area contributed by atoms with E-state index in [4.69, 9.17) is 5.73 Å². The average Bonchev–Trinajstić information content (AvgIpc) is 3.30. The van der Waals surface area contributed by atoms with Gasteiger partial charge in [-0.15, -0.1) is 11.3 Å². The number of aromatic nitrogens is 1. The van der Waals surface area contributed by atoms with Crippen molar-refractivity contribution >= 4 is 28.3 Å². The average molecular weight is 385 g/mol. The van der Waals surface area contributed by atoms with Crippen LogP contribution in [0.3, 0.4) is 0 Å². The molecule has 0 bridgehead atoms. The van der Waals surface area contributed by atoms with Gasteiger partial charge in [-0.25, -0.2) is 4.98 Å². The van der Waals surface area contributed by atoms with Gasteiger partial charge in [-0.1, -0.05) is 36.8 Å². The molecule has 0 radical (unpaired) electrons. The Morgan fingerprint density at radius 3 is 2.93 bits per heavy atom. The summed E-state index contributed by atoms with van der Waals surface area (Å²) < 4.78 is 0. The number of hydrogen-bond acceptors (Lipinski definition) is 5. The van der Waals surface area contributed by atoms with E-state index in [2.05, 4.69) is 39.5 Å². The van der Waals surface area contributed by atoms with Gasteiger partial charge in [0, 0.05) is 25.0 Å². The fourth-order valence-corrected chi connectivity index (χ4v) is 5.28. The highest BCUT2D eigenvalue weighted by molar-refractivity contribution is 7.13. The Labute approximate surface area is 162 Å². The van der Waals surface area contributed by atoms with Crippen molar-refractivity contribution in [1.29, 1.82) is 0 Å². The molecule has 0 unspecified atom stereocenters. The summed E-state index contributed by atoms with van der Waals surface area (Å²) in [5.41, 5.74) is 6.78. The zero-order valence-electron chi connectivity index (χ0n) is 15.2. The van der Waals surface area contributed by atoms with Gasteiger partial charge in [0.25, 0.3) is 0 Å². The van der Waals surface area contributed by atoms with Gasteiger partial charge in [0.15, 0.2) is 5.13 Å². The first-order valence-corrected chi connectivity index (χ1v) is 10.2. The minimum absolute atomic E-state index is 0.0699. The van der Waals surface area contributed by atoms with E-state index in [0.29, 0.717) is 16.7 Å². The number of nitrogens with zero attached hydrogens (tertiary/aromatic N) is 2. The quantitative estimate of drug-likeness (QED) is 0.800. The maximum absolute atomic E-state index is 13.2. The maximum atomic E-state index is 13.2. The first-order valence-electron chi connectivity index (χ1n) is 9.35.